The predicted octanol–water partition coefficient (Wildman–Crippen LogP) is 6.91. The number of hydrogen-bond donors (Lipinski definition) is 0. The molecule has 184 valence electrons. The summed E-state index contributed by atoms with van der Waals surface area (Å²) < 4.78 is 94.7. The second-order valence-electron chi connectivity index (χ2n) is 7.96. The third kappa shape index (κ3) is 5.10. The van der Waals surface area contributed by atoms with Gasteiger partial charge in [-0.05, 0) is 49.6 Å². The summed E-state index contributed by atoms with van der Waals surface area (Å²) in [4.78, 5) is 26.2. The van der Waals surface area contributed by atoms with Crippen molar-refractivity contribution in [2.75, 3.05) is 0 Å². The predicted molar refractivity (Wildman–Crippen MR) is 120 cm³/mol. The van der Waals surface area contributed by atoms with E-state index in [0.717, 1.165) is 0 Å². The third-order valence-electron chi connectivity index (χ3n) is 5.57. The van der Waals surface area contributed by atoms with Gasteiger partial charge >= 0.3 is 12.4 Å². The fraction of sp³-hybridized carbons (Fsp3) is 0.200. The third-order valence-corrected chi connectivity index (χ3v) is 7.46. The van der Waals surface area contributed by atoms with Gasteiger partial charge in [0.1, 0.15) is 0 Å². The first-order chi connectivity index (χ1) is 16.2. The van der Waals surface area contributed by atoms with Gasteiger partial charge < -0.3 is 4.57 Å². The van der Waals surface area contributed by atoms with Crippen LogP contribution in [-0.4, -0.2) is 11.3 Å². The van der Waals surface area contributed by atoms with Gasteiger partial charge in [-0.2, -0.15) is 26.3 Å². The zero-order valence-electron chi connectivity index (χ0n) is 18.7. The highest BCUT2D eigenvalue weighted by molar-refractivity contribution is 7.71. The zero-order chi connectivity index (χ0) is 26.3. The van der Waals surface area contributed by atoms with E-state index >= 15 is 0 Å². The number of alkyl halides is 6. The average Bonchev–Trinajstić information content (AvgIpc) is 2.77. The van der Waals surface area contributed by atoms with Gasteiger partial charge in [0.2, 0.25) is 5.52 Å². The monoisotopic (exact) mass is 512 g/mol. The van der Waals surface area contributed by atoms with Crippen molar-refractivity contribution in [1.29, 1.82) is 0 Å². The van der Waals surface area contributed by atoms with E-state index in [1.165, 1.54) is 32.0 Å². The number of carbonyl (C=O) groups is 2. The first kappa shape index (κ1) is 26.4. The Kier molecular flexibility index (Phi) is 7.14. The van der Waals surface area contributed by atoms with E-state index in [2.05, 4.69) is 0 Å². The van der Waals surface area contributed by atoms with Crippen molar-refractivity contribution >= 4 is 24.4 Å². The minimum atomic E-state index is -5.29. The van der Waals surface area contributed by atoms with Crippen LogP contribution in [0.5, 0.6) is 0 Å². The minimum absolute atomic E-state index is 0.0756. The van der Waals surface area contributed by atoms with Crippen LogP contribution in [0.4, 0.5) is 26.3 Å². The second kappa shape index (κ2) is 9.46. The molecule has 3 nitrogen and oxygen atoms in total. The van der Waals surface area contributed by atoms with Crippen molar-refractivity contribution in [3.8, 4) is 0 Å². The van der Waals surface area contributed by atoms with Crippen molar-refractivity contribution < 1.29 is 40.5 Å². The van der Waals surface area contributed by atoms with Gasteiger partial charge in [0.25, 0.3) is 0 Å². The number of halogens is 6. The summed E-state index contributed by atoms with van der Waals surface area (Å²) in [7, 11) is -3.91. The van der Waals surface area contributed by atoms with Crippen LogP contribution in [0.1, 0.15) is 54.1 Å². The van der Waals surface area contributed by atoms with E-state index in [1.807, 2.05) is 0 Å². The highest BCUT2D eigenvalue weighted by Crippen LogP contribution is 2.43. The molecule has 0 bridgehead atoms. The van der Waals surface area contributed by atoms with Crippen LogP contribution in [0.2, 0.25) is 0 Å². The summed E-state index contributed by atoms with van der Waals surface area (Å²) in [6, 6.07) is 10.7. The molecule has 1 unspecified atom stereocenters. The molecule has 3 aromatic carbocycles. The van der Waals surface area contributed by atoms with Crippen molar-refractivity contribution in [3.63, 3.8) is 0 Å². The van der Waals surface area contributed by atoms with E-state index in [-0.39, 0.29) is 27.6 Å². The fourth-order valence-electron chi connectivity index (χ4n) is 4.11. The lowest BCUT2D eigenvalue weighted by atomic mass is 9.93. The normalized spacial score (nSPS) is 12.9. The number of aryl methyl sites for hydroxylation is 2. The summed E-state index contributed by atoms with van der Waals surface area (Å²) in [5, 5.41) is -0.227. The highest BCUT2D eigenvalue weighted by Gasteiger charge is 2.44. The molecule has 0 heterocycles. The van der Waals surface area contributed by atoms with Crippen molar-refractivity contribution in [3.05, 3.63) is 99.1 Å². The number of benzene rings is 3. The van der Waals surface area contributed by atoms with Crippen LogP contribution in [-0.2, 0) is 16.9 Å². The molecule has 0 radical (unpaired) electrons. The molecular weight excluding hydrogens is 493 g/mol. The van der Waals surface area contributed by atoms with E-state index < -0.39 is 48.2 Å². The molecular formula is C25H19F6O3P. The van der Waals surface area contributed by atoms with E-state index in [0.29, 0.717) is 23.8 Å². The van der Waals surface area contributed by atoms with Crippen LogP contribution in [0.25, 0.3) is 0 Å². The first-order valence-electron chi connectivity index (χ1n) is 10.2. The largest absolute Gasteiger partial charge is 0.417 e. The first-order valence-corrected chi connectivity index (χ1v) is 11.6. The summed E-state index contributed by atoms with van der Waals surface area (Å²) in [5.74, 6) is -0.476. The molecule has 0 aliphatic carbocycles. The molecule has 1 atom stereocenters. The number of ketones is 1. The smallest absolute Gasteiger partial charge is 0.313 e. The molecule has 10 heteroatoms. The fourth-order valence-corrected chi connectivity index (χ4v) is 5.73. The Balaban J connectivity index is 2.24. The topological polar surface area (TPSA) is 51.2 Å². The van der Waals surface area contributed by atoms with Gasteiger partial charge in [-0.25, -0.2) is 0 Å². The van der Waals surface area contributed by atoms with E-state index in [9.17, 15) is 40.5 Å². The van der Waals surface area contributed by atoms with Gasteiger partial charge in [-0.15, -0.1) is 0 Å². The summed E-state index contributed by atoms with van der Waals surface area (Å²) >= 11 is 0. The Bertz CT molecular complexity index is 1310. The van der Waals surface area contributed by atoms with Crippen molar-refractivity contribution in [1.82, 2.24) is 0 Å². The molecule has 0 aliphatic heterocycles. The molecule has 0 fully saturated rings. The average molecular weight is 512 g/mol. The lowest BCUT2D eigenvalue weighted by Crippen LogP contribution is -2.22. The van der Waals surface area contributed by atoms with Crippen LogP contribution in [0, 0.1) is 20.8 Å². The maximum atomic E-state index is 13.6. The Morgan fingerprint density at radius 1 is 0.714 bits per heavy atom. The molecule has 0 aliphatic rings. The SMILES string of the molecule is Cc1cc(C)c([PH](=O)C(=O)c2c(C(F)(F)F)cccc2C(F)(F)F)c(C)c1C(=O)c1ccccc1. The summed E-state index contributed by atoms with van der Waals surface area (Å²) in [6.45, 7) is 4.41. The summed E-state index contributed by atoms with van der Waals surface area (Å²) in [6.07, 6.45) is -10.6. The lowest BCUT2D eigenvalue weighted by Gasteiger charge is -2.20. The summed E-state index contributed by atoms with van der Waals surface area (Å²) in [5.41, 5.74) is -5.98. The zero-order valence-corrected chi connectivity index (χ0v) is 19.7. The molecule has 0 spiro atoms. The Hall–Kier alpha value is -3.19. The Morgan fingerprint density at radius 3 is 1.71 bits per heavy atom. The second-order valence-corrected chi connectivity index (χ2v) is 9.57. The van der Waals surface area contributed by atoms with Gasteiger partial charge in [0.15, 0.2) is 13.6 Å². The molecule has 0 aromatic heterocycles. The van der Waals surface area contributed by atoms with E-state index in [4.69, 9.17) is 0 Å². The van der Waals surface area contributed by atoms with Gasteiger partial charge in [-0.1, -0.05) is 42.5 Å². The molecule has 0 N–H and O–H groups in total. The Labute approximate surface area is 197 Å². The standard InChI is InChI=1S/C25H19F6O3P/c1-13-12-14(2)22(15(3)19(13)21(32)16-8-5-4-6-9-16)35(34)23(33)20-17(24(26,27)28)10-7-11-18(20)25(29,30)31/h4-12,35H,1-3H3. The van der Waals surface area contributed by atoms with Crippen molar-refractivity contribution in [2.24, 2.45) is 0 Å². The molecule has 0 saturated carbocycles. The van der Waals surface area contributed by atoms with E-state index in [1.54, 1.807) is 25.1 Å². The minimum Gasteiger partial charge on any atom is -0.313 e. The highest BCUT2D eigenvalue weighted by atomic mass is 31.1. The molecule has 0 amide bonds. The lowest BCUT2D eigenvalue weighted by molar-refractivity contribution is -0.143. The molecule has 3 aromatic rings. The number of hydrogen-bond acceptors (Lipinski definition) is 3. The van der Waals surface area contributed by atoms with Gasteiger partial charge in [0, 0.05) is 22.0 Å². The maximum Gasteiger partial charge on any atom is 0.417 e. The van der Waals surface area contributed by atoms with Crippen LogP contribution in [0.15, 0.2) is 54.6 Å². The van der Waals surface area contributed by atoms with Gasteiger partial charge in [-0.3, -0.25) is 9.59 Å². The number of rotatable bonds is 5. The van der Waals surface area contributed by atoms with Gasteiger partial charge in [0.05, 0.1) is 11.1 Å². The van der Waals surface area contributed by atoms with Crippen molar-refractivity contribution in [2.45, 2.75) is 33.1 Å². The molecule has 0 saturated heterocycles. The quantitative estimate of drug-likeness (QED) is 0.212. The molecule has 35 heavy (non-hydrogen) atoms. The van der Waals surface area contributed by atoms with Crippen LogP contribution < -0.4 is 5.30 Å². The number of carbonyl (C=O) groups excluding carboxylic acids is 2. The maximum absolute atomic E-state index is 13.6. The molecule has 3 rings (SSSR count). The van der Waals surface area contributed by atoms with Crippen LogP contribution >= 0.6 is 7.80 Å². The van der Waals surface area contributed by atoms with Crippen LogP contribution in [0.3, 0.4) is 0 Å². The Morgan fingerprint density at radius 2 is 1.23 bits per heavy atom.